The van der Waals surface area contributed by atoms with Crippen molar-refractivity contribution in [2.24, 2.45) is 0 Å². The lowest BCUT2D eigenvalue weighted by molar-refractivity contribution is -0.117. The molecular weight excluding hydrogens is 382 g/mol. The third-order valence-corrected chi connectivity index (χ3v) is 6.22. The molecular formula is C19H16ClN5OS. The van der Waals surface area contributed by atoms with Gasteiger partial charge in [-0.2, -0.15) is 0 Å². The molecule has 0 N–H and O–H groups in total. The summed E-state index contributed by atoms with van der Waals surface area (Å²) < 4.78 is 3.12. The molecule has 136 valence electrons. The molecule has 0 atom stereocenters. The average Bonchev–Trinajstić information content (AvgIpc) is 3.35. The largest absolute Gasteiger partial charge is 0.342 e. The van der Waals surface area contributed by atoms with Gasteiger partial charge in [0.1, 0.15) is 5.52 Å². The molecule has 1 amide bonds. The highest BCUT2D eigenvalue weighted by Gasteiger charge is 2.29. The Bertz CT molecular complexity index is 1180. The zero-order valence-electron chi connectivity index (χ0n) is 14.6. The Morgan fingerprint density at radius 3 is 2.89 bits per heavy atom. The van der Waals surface area contributed by atoms with Gasteiger partial charge >= 0.3 is 0 Å². The van der Waals surface area contributed by atoms with E-state index in [4.69, 9.17) is 11.6 Å². The molecule has 0 bridgehead atoms. The number of hydrogen-bond acceptors (Lipinski definition) is 5. The molecule has 2 aromatic heterocycles. The van der Waals surface area contributed by atoms with Crippen LogP contribution >= 0.6 is 22.9 Å². The number of likely N-dealkylation sites (N-methyl/N-ethyl adjacent to an activating group) is 1. The Kier molecular flexibility index (Phi) is 3.80. The minimum absolute atomic E-state index is 0.0110. The van der Waals surface area contributed by atoms with Crippen molar-refractivity contribution in [3.8, 4) is 0 Å². The number of amides is 1. The Balaban J connectivity index is 1.40. The molecule has 6 nitrogen and oxygen atoms in total. The van der Waals surface area contributed by atoms with Crippen LogP contribution in [-0.4, -0.2) is 40.6 Å². The van der Waals surface area contributed by atoms with Crippen molar-refractivity contribution in [2.75, 3.05) is 29.9 Å². The summed E-state index contributed by atoms with van der Waals surface area (Å²) in [5.41, 5.74) is 2.76. The molecule has 1 aliphatic rings. The molecule has 0 saturated carbocycles. The second-order valence-electron chi connectivity index (χ2n) is 6.54. The lowest BCUT2D eigenvalue weighted by Gasteiger charge is -2.19. The summed E-state index contributed by atoms with van der Waals surface area (Å²) in [6, 6.07) is 13.7. The van der Waals surface area contributed by atoms with Crippen LogP contribution in [-0.2, 0) is 11.3 Å². The second kappa shape index (κ2) is 6.21. The van der Waals surface area contributed by atoms with Crippen LogP contribution in [0.2, 0.25) is 5.02 Å². The van der Waals surface area contributed by atoms with Gasteiger partial charge in [0.05, 0.1) is 27.3 Å². The number of rotatable bonds is 3. The summed E-state index contributed by atoms with van der Waals surface area (Å²) in [7, 11) is 1.88. The first-order chi connectivity index (χ1) is 13.1. The molecule has 0 saturated heterocycles. The van der Waals surface area contributed by atoms with Crippen LogP contribution in [0.25, 0.3) is 21.3 Å². The lowest BCUT2D eigenvalue weighted by atomic mass is 10.3. The molecule has 0 aliphatic carbocycles. The standard InChI is InChI=1S/C19H16ClN5OS/c1-23(19-22-17-12(20)5-4-8-15(17)27-19)11-16(26)25-10-9-24-14-7-3-2-6-13(14)21-18(24)25/h2-8H,9-11H2,1H3. The van der Waals surface area contributed by atoms with Crippen molar-refractivity contribution in [3.05, 3.63) is 47.5 Å². The van der Waals surface area contributed by atoms with Crippen LogP contribution in [0.4, 0.5) is 11.1 Å². The molecule has 0 spiro atoms. The fraction of sp³-hybridized carbons (Fsp3) is 0.211. The van der Waals surface area contributed by atoms with Crippen LogP contribution in [0, 0.1) is 0 Å². The number of imidazole rings is 1. The van der Waals surface area contributed by atoms with Gasteiger partial charge in [-0.3, -0.25) is 9.69 Å². The molecule has 0 unspecified atom stereocenters. The fourth-order valence-electron chi connectivity index (χ4n) is 3.45. The van der Waals surface area contributed by atoms with E-state index in [2.05, 4.69) is 14.5 Å². The number of carbonyl (C=O) groups is 1. The first-order valence-electron chi connectivity index (χ1n) is 8.63. The van der Waals surface area contributed by atoms with Crippen molar-refractivity contribution < 1.29 is 4.79 Å². The Morgan fingerprint density at radius 2 is 2.04 bits per heavy atom. The van der Waals surface area contributed by atoms with Crippen molar-refractivity contribution in [2.45, 2.75) is 6.54 Å². The summed E-state index contributed by atoms with van der Waals surface area (Å²) in [6.07, 6.45) is 0. The van der Waals surface area contributed by atoms with Crippen LogP contribution in [0.3, 0.4) is 0 Å². The lowest BCUT2D eigenvalue weighted by Crippen LogP contribution is -2.38. The van der Waals surface area contributed by atoms with Gasteiger partial charge in [-0.1, -0.05) is 41.1 Å². The highest BCUT2D eigenvalue weighted by Crippen LogP contribution is 2.32. The normalized spacial score (nSPS) is 13.5. The maximum Gasteiger partial charge on any atom is 0.248 e. The van der Waals surface area contributed by atoms with E-state index in [0.717, 1.165) is 38.9 Å². The first-order valence-corrected chi connectivity index (χ1v) is 9.83. The number of benzene rings is 2. The van der Waals surface area contributed by atoms with Crippen LogP contribution in [0.15, 0.2) is 42.5 Å². The first kappa shape index (κ1) is 16.5. The number of para-hydroxylation sites is 3. The number of hydrogen-bond donors (Lipinski definition) is 0. The van der Waals surface area contributed by atoms with Crippen LogP contribution in [0.5, 0.6) is 0 Å². The van der Waals surface area contributed by atoms with Crippen LogP contribution < -0.4 is 9.80 Å². The Labute approximate surface area is 164 Å². The number of thiazole rings is 1. The van der Waals surface area contributed by atoms with E-state index >= 15 is 0 Å². The number of fused-ring (bicyclic) bond motifs is 4. The van der Waals surface area contributed by atoms with E-state index in [0.29, 0.717) is 11.6 Å². The number of carbonyl (C=O) groups excluding carboxylic acids is 1. The zero-order valence-corrected chi connectivity index (χ0v) is 16.2. The highest BCUT2D eigenvalue weighted by atomic mass is 35.5. The van der Waals surface area contributed by atoms with E-state index in [1.807, 2.05) is 54.4 Å². The SMILES string of the molecule is CN(CC(=O)N1CCn2c1nc1ccccc12)c1nc2c(Cl)cccc2s1. The van der Waals surface area contributed by atoms with Gasteiger partial charge in [0.25, 0.3) is 0 Å². The fourth-order valence-corrected chi connectivity index (χ4v) is 4.67. The molecule has 0 radical (unpaired) electrons. The van der Waals surface area contributed by atoms with Gasteiger partial charge in [-0.25, -0.2) is 9.97 Å². The van der Waals surface area contributed by atoms with E-state index < -0.39 is 0 Å². The van der Waals surface area contributed by atoms with E-state index in [1.165, 1.54) is 11.3 Å². The van der Waals surface area contributed by atoms with E-state index in [1.54, 1.807) is 4.90 Å². The smallest absolute Gasteiger partial charge is 0.248 e. The van der Waals surface area contributed by atoms with Gasteiger partial charge < -0.3 is 9.47 Å². The molecule has 5 rings (SSSR count). The summed E-state index contributed by atoms with van der Waals surface area (Å²) in [5.74, 6) is 0.735. The van der Waals surface area contributed by atoms with Gasteiger partial charge in [-0.05, 0) is 24.3 Å². The molecule has 27 heavy (non-hydrogen) atoms. The Hall–Kier alpha value is -2.64. The summed E-state index contributed by atoms with van der Waals surface area (Å²) >= 11 is 7.75. The third-order valence-electron chi connectivity index (χ3n) is 4.78. The zero-order chi connectivity index (χ0) is 18.5. The van der Waals surface area contributed by atoms with Gasteiger partial charge in [0, 0.05) is 20.1 Å². The second-order valence-corrected chi connectivity index (χ2v) is 7.95. The summed E-state index contributed by atoms with van der Waals surface area (Å²) in [6.45, 7) is 1.65. The average molecular weight is 398 g/mol. The number of aromatic nitrogens is 3. The predicted octanol–water partition coefficient (Wildman–Crippen LogP) is 3.78. The molecule has 2 aromatic carbocycles. The van der Waals surface area contributed by atoms with E-state index in [9.17, 15) is 4.79 Å². The van der Waals surface area contributed by atoms with Crippen molar-refractivity contribution in [1.29, 1.82) is 0 Å². The van der Waals surface area contributed by atoms with Crippen molar-refractivity contribution in [1.82, 2.24) is 14.5 Å². The molecule has 3 heterocycles. The quantitative estimate of drug-likeness (QED) is 0.528. The van der Waals surface area contributed by atoms with Gasteiger partial charge in [-0.15, -0.1) is 0 Å². The van der Waals surface area contributed by atoms with Crippen LogP contribution in [0.1, 0.15) is 0 Å². The molecule has 8 heteroatoms. The monoisotopic (exact) mass is 397 g/mol. The van der Waals surface area contributed by atoms with Gasteiger partial charge in [0.2, 0.25) is 11.9 Å². The maximum absolute atomic E-state index is 12.9. The molecule has 4 aromatic rings. The summed E-state index contributed by atoms with van der Waals surface area (Å²) in [4.78, 5) is 25.8. The minimum atomic E-state index is 0.0110. The summed E-state index contributed by atoms with van der Waals surface area (Å²) in [5, 5.41) is 1.40. The van der Waals surface area contributed by atoms with Crippen molar-refractivity contribution in [3.63, 3.8) is 0 Å². The maximum atomic E-state index is 12.9. The van der Waals surface area contributed by atoms with Gasteiger partial charge in [0.15, 0.2) is 5.13 Å². The highest BCUT2D eigenvalue weighted by molar-refractivity contribution is 7.22. The topological polar surface area (TPSA) is 54.3 Å². The van der Waals surface area contributed by atoms with E-state index in [-0.39, 0.29) is 12.5 Å². The van der Waals surface area contributed by atoms with Crippen molar-refractivity contribution >= 4 is 61.2 Å². The predicted molar refractivity (Wildman–Crippen MR) is 110 cm³/mol. The Morgan fingerprint density at radius 1 is 1.19 bits per heavy atom. The molecule has 1 aliphatic heterocycles. The third kappa shape index (κ3) is 2.65. The minimum Gasteiger partial charge on any atom is -0.342 e. The number of nitrogens with zero attached hydrogens (tertiary/aromatic N) is 5. The molecule has 0 fully saturated rings. The number of halogens is 1. The number of anilines is 2.